The zero-order valence-corrected chi connectivity index (χ0v) is 13.3. The Balaban J connectivity index is 2.53. The molecule has 0 aromatic rings. The number of rotatable bonds is 3. The largest absolute Gasteiger partial charge is 0.444 e. The minimum atomic E-state index is -3.04. The molecular weight excluding hydrogens is 266 g/mol. The number of hydrogen-bond acceptors (Lipinski definition) is 4. The molecule has 0 aliphatic carbocycles. The second-order valence-electron chi connectivity index (χ2n) is 6.46. The highest BCUT2D eigenvalue weighted by Gasteiger charge is 2.32. The van der Waals surface area contributed by atoms with Crippen molar-refractivity contribution in [3.8, 4) is 0 Å². The van der Waals surface area contributed by atoms with Gasteiger partial charge in [0.25, 0.3) is 0 Å². The summed E-state index contributed by atoms with van der Waals surface area (Å²) in [5, 5.41) is -0.358. The molecule has 1 rings (SSSR count). The molecule has 112 valence electrons. The van der Waals surface area contributed by atoms with Gasteiger partial charge in [-0.1, -0.05) is 0 Å². The summed E-state index contributed by atoms with van der Waals surface area (Å²) in [4.78, 5) is 13.5. The van der Waals surface area contributed by atoms with Crippen molar-refractivity contribution < 1.29 is 17.9 Å². The molecule has 0 unspecified atom stereocenters. The summed E-state index contributed by atoms with van der Waals surface area (Å²) in [5.41, 5.74) is -0.515. The SMILES string of the molecule is CC(C)S(=O)(=O)C[C@@H]1CCN(C(=O)OC(C)(C)C)C1. The van der Waals surface area contributed by atoms with Crippen LogP contribution in [0.2, 0.25) is 0 Å². The Bertz CT molecular complexity index is 422. The minimum absolute atomic E-state index is 0.0277. The van der Waals surface area contributed by atoms with E-state index in [9.17, 15) is 13.2 Å². The number of likely N-dealkylation sites (tertiary alicyclic amines) is 1. The van der Waals surface area contributed by atoms with Crippen LogP contribution in [0.4, 0.5) is 4.79 Å². The highest BCUT2D eigenvalue weighted by atomic mass is 32.2. The molecule has 0 aromatic carbocycles. The van der Waals surface area contributed by atoms with Crippen LogP contribution >= 0.6 is 0 Å². The van der Waals surface area contributed by atoms with E-state index in [0.29, 0.717) is 13.1 Å². The molecule has 1 aliphatic heterocycles. The molecule has 1 heterocycles. The molecule has 0 radical (unpaired) electrons. The highest BCUT2D eigenvalue weighted by Crippen LogP contribution is 2.22. The van der Waals surface area contributed by atoms with E-state index >= 15 is 0 Å². The van der Waals surface area contributed by atoms with Gasteiger partial charge in [0.1, 0.15) is 5.60 Å². The summed E-state index contributed by atoms with van der Waals surface area (Å²) in [6, 6.07) is 0. The topological polar surface area (TPSA) is 63.7 Å². The third kappa shape index (κ3) is 5.01. The Hall–Kier alpha value is -0.780. The molecule has 5 nitrogen and oxygen atoms in total. The molecule has 6 heteroatoms. The fourth-order valence-electron chi connectivity index (χ4n) is 1.98. The molecule has 1 atom stereocenters. The molecule has 19 heavy (non-hydrogen) atoms. The molecule has 1 fully saturated rings. The average Bonchev–Trinajstić information content (AvgIpc) is 2.62. The van der Waals surface area contributed by atoms with E-state index < -0.39 is 15.4 Å². The summed E-state index contributed by atoms with van der Waals surface area (Å²) in [6.07, 6.45) is 0.377. The second kappa shape index (κ2) is 5.69. The van der Waals surface area contributed by atoms with Gasteiger partial charge in [-0.2, -0.15) is 0 Å². The van der Waals surface area contributed by atoms with Gasteiger partial charge in [0, 0.05) is 13.1 Å². The normalized spacial score (nSPS) is 20.9. The number of hydrogen-bond donors (Lipinski definition) is 0. The summed E-state index contributed by atoms with van der Waals surface area (Å²) >= 11 is 0. The second-order valence-corrected chi connectivity index (χ2v) is 9.06. The fourth-order valence-corrected chi connectivity index (χ4v) is 3.30. The summed E-state index contributed by atoms with van der Waals surface area (Å²) in [7, 11) is -3.04. The molecule has 0 aromatic heterocycles. The van der Waals surface area contributed by atoms with Crippen LogP contribution in [0.3, 0.4) is 0 Å². The number of sulfone groups is 1. The number of carbonyl (C=O) groups excluding carboxylic acids is 1. The summed E-state index contributed by atoms with van der Waals surface area (Å²) < 4.78 is 29.0. The molecule has 1 saturated heterocycles. The van der Waals surface area contributed by atoms with Gasteiger partial charge < -0.3 is 9.64 Å². The van der Waals surface area contributed by atoms with Crippen molar-refractivity contribution in [2.45, 2.75) is 51.9 Å². The molecule has 1 aliphatic rings. The number of amides is 1. The van der Waals surface area contributed by atoms with Crippen LogP contribution in [-0.2, 0) is 14.6 Å². The predicted molar refractivity (Wildman–Crippen MR) is 74.8 cm³/mol. The quantitative estimate of drug-likeness (QED) is 0.798. The summed E-state index contributed by atoms with van der Waals surface area (Å²) in [5.74, 6) is 0.184. The van der Waals surface area contributed by atoms with Crippen LogP contribution in [0, 0.1) is 5.92 Å². The van der Waals surface area contributed by atoms with Crippen LogP contribution < -0.4 is 0 Å². The Kier molecular flexibility index (Phi) is 4.87. The molecule has 0 spiro atoms. The van der Waals surface area contributed by atoms with E-state index in [4.69, 9.17) is 4.74 Å². The van der Waals surface area contributed by atoms with Crippen molar-refractivity contribution in [1.29, 1.82) is 0 Å². The zero-order chi connectivity index (χ0) is 14.8. The van der Waals surface area contributed by atoms with E-state index in [1.54, 1.807) is 18.7 Å². The van der Waals surface area contributed by atoms with Crippen LogP contribution in [0.25, 0.3) is 0 Å². The lowest BCUT2D eigenvalue weighted by molar-refractivity contribution is 0.0289. The molecule has 0 saturated carbocycles. The van der Waals surface area contributed by atoms with Crippen molar-refractivity contribution >= 4 is 15.9 Å². The van der Waals surface area contributed by atoms with Crippen LogP contribution in [0.15, 0.2) is 0 Å². The van der Waals surface area contributed by atoms with Gasteiger partial charge in [0.15, 0.2) is 9.84 Å². The van der Waals surface area contributed by atoms with Crippen molar-refractivity contribution in [2.75, 3.05) is 18.8 Å². The van der Waals surface area contributed by atoms with Crippen LogP contribution in [0.5, 0.6) is 0 Å². The Morgan fingerprint density at radius 1 is 1.37 bits per heavy atom. The van der Waals surface area contributed by atoms with Gasteiger partial charge in [0.05, 0.1) is 11.0 Å². The fraction of sp³-hybridized carbons (Fsp3) is 0.923. The smallest absolute Gasteiger partial charge is 0.410 e. The number of carbonyl (C=O) groups is 1. The Labute approximate surface area is 116 Å². The average molecular weight is 291 g/mol. The number of ether oxygens (including phenoxy) is 1. The van der Waals surface area contributed by atoms with Gasteiger partial charge in [0.2, 0.25) is 0 Å². The minimum Gasteiger partial charge on any atom is -0.444 e. The van der Waals surface area contributed by atoms with Gasteiger partial charge >= 0.3 is 6.09 Å². The van der Waals surface area contributed by atoms with E-state index in [2.05, 4.69) is 0 Å². The first kappa shape index (κ1) is 16.3. The third-order valence-corrected chi connectivity index (χ3v) is 5.50. The predicted octanol–water partition coefficient (Wildman–Crippen LogP) is 2.07. The lowest BCUT2D eigenvalue weighted by Gasteiger charge is -2.24. The Morgan fingerprint density at radius 3 is 2.42 bits per heavy atom. The standard InChI is InChI=1S/C13H25NO4S/c1-10(2)19(16,17)9-11-6-7-14(8-11)12(15)18-13(3,4)5/h10-11H,6-9H2,1-5H3/t11-/m1/s1. The maximum atomic E-state index is 11.9. The summed E-state index contributed by atoms with van der Waals surface area (Å²) in [6.45, 7) is 9.89. The van der Waals surface area contributed by atoms with Gasteiger partial charge in [-0.05, 0) is 47.0 Å². The van der Waals surface area contributed by atoms with Crippen molar-refractivity contribution in [2.24, 2.45) is 5.92 Å². The maximum absolute atomic E-state index is 11.9. The van der Waals surface area contributed by atoms with Gasteiger partial charge in [-0.25, -0.2) is 13.2 Å². The zero-order valence-electron chi connectivity index (χ0n) is 12.5. The van der Waals surface area contributed by atoms with Crippen molar-refractivity contribution in [1.82, 2.24) is 4.90 Å². The molecule has 1 amide bonds. The lowest BCUT2D eigenvalue weighted by atomic mass is 10.2. The van der Waals surface area contributed by atoms with Crippen molar-refractivity contribution in [3.05, 3.63) is 0 Å². The lowest BCUT2D eigenvalue weighted by Crippen LogP contribution is -2.36. The maximum Gasteiger partial charge on any atom is 0.410 e. The van der Waals surface area contributed by atoms with Gasteiger partial charge in [-0.3, -0.25) is 0 Å². The first-order valence-corrected chi connectivity index (χ1v) is 8.42. The van der Waals surface area contributed by atoms with E-state index in [0.717, 1.165) is 6.42 Å². The van der Waals surface area contributed by atoms with E-state index in [1.165, 1.54) is 0 Å². The van der Waals surface area contributed by atoms with E-state index in [1.807, 2.05) is 20.8 Å². The van der Waals surface area contributed by atoms with Gasteiger partial charge in [-0.15, -0.1) is 0 Å². The first-order chi connectivity index (χ1) is 8.51. The monoisotopic (exact) mass is 291 g/mol. The third-order valence-electron chi connectivity index (χ3n) is 3.12. The molecule has 0 N–H and O–H groups in total. The van der Waals surface area contributed by atoms with Crippen LogP contribution in [0.1, 0.15) is 41.0 Å². The molecule has 0 bridgehead atoms. The Morgan fingerprint density at radius 2 is 1.95 bits per heavy atom. The number of nitrogens with zero attached hydrogens (tertiary/aromatic N) is 1. The van der Waals surface area contributed by atoms with Crippen LogP contribution in [-0.4, -0.2) is 49.1 Å². The highest BCUT2D eigenvalue weighted by molar-refractivity contribution is 7.91. The first-order valence-electron chi connectivity index (χ1n) is 6.71. The van der Waals surface area contributed by atoms with E-state index in [-0.39, 0.29) is 23.0 Å². The molecular formula is C13H25NO4S. The van der Waals surface area contributed by atoms with Crippen molar-refractivity contribution in [3.63, 3.8) is 0 Å².